The Hall–Kier alpha value is -1.94. The summed E-state index contributed by atoms with van der Waals surface area (Å²) < 4.78 is 75.2. The van der Waals surface area contributed by atoms with Gasteiger partial charge in [-0.3, -0.25) is 0 Å². The van der Waals surface area contributed by atoms with Gasteiger partial charge >= 0.3 is 12.3 Å². The van der Waals surface area contributed by atoms with Crippen LogP contribution in [0.1, 0.15) is 30.7 Å². The topological polar surface area (TPSA) is 59.0 Å². The van der Waals surface area contributed by atoms with Crippen LogP contribution in [-0.2, 0) is 9.47 Å². The number of likely N-dealkylation sites (tertiary alicyclic amines) is 1. The van der Waals surface area contributed by atoms with Crippen LogP contribution in [0.15, 0.2) is 18.2 Å². The van der Waals surface area contributed by atoms with Crippen LogP contribution < -0.4 is 0 Å². The first-order valence-electron chi connectivity index (χ1n) is 8.85. The molecule has 2 fully saturated rings. The molecule has 2 aliphatic heterocycles. The summed E-state index contributed by atoms with van der Waals surface area (Å²) in [4.78, 5) is 13.1. The number of aliphatic hydroxyl groups is 1. The van der Waals surface area contributed by atoms with Crippen LogP contribution in [0, 0.1) is 11.6 Å². The number of aliphatic hydroxyl groups excluding tert-OH is 1. The molecule has 0 radical (unpaired) electrons. The van der Waals surface area contributed by atoms with Crippen LogP contribution in [0.25, 0.3) is 0 Å². The lowest BCUT2D eigenvalue weighted by atomic mass is 9.83. The lowest BCUT2D eigenvalue weighted by Crippen LogP contribution is -2.48. The van der Waals surface area contributed by atoms with Gasteiger partial charge in [0.1, 0.15) is 11.6 Å². The third-order valence-electron chi connectivity index (χ3n) is 5.32. The van der Waals surface area contributed by atoms with E-state index in [9.17, 15) is 26.7 Å². The molecule has 3 rings (SSSR count). The molecule has 5 nitrogen and oxygen atoms in total. The molecule has 1 unspecified atom stereocenters. The minimum absolute atomic E-state index is 0.119. The summed E-state index contributed by atoms with van der Waals surface area (Å²) in [6.45, 7) is -0.865. The zero-order chi connectivity index (χ0) is 20.5. The first-order valence-corrected chi connectivity index (χ1v) is 8.85. The van der Waals surface area contributed by atoms with Crippen molar-refractivity contribution in [2.45, 2.75) is 43.1 Å². The van der Waals surface area contributed by atoms with Crippen LogP contribution >= 0.6 is 0 Å². The van der Waals surface area contributed by atoms with Gasteiger partial charge in [0.05, 0.1) is 18.8 Å². The number of hydrogen-bond acceptors (Lipinski definition) is 4. The average Bonchev–Trinajstić information content (AvgIpc) is 3.02. The maximum atomic E-state index is 14.0. The molecule has 2 heterocycles. The van der Waals surface area contributed by atoms with Crippen molar-refractivity contribution in [3.63, 3.8) is 0 Å². The van der Waals surface area contributed by atoms with E-state index in [1.165, 1.54) is 12.1 Å². The van der Waals surface area contributed by atoms with Crippen LogP contribution in [0.5, 0.6) is 0 Å². The molecule has 2 saturated heterocycles. The summed E-state index contributed by atoms with van der Waals surface area (Å²) in [5, 5.41) is 8.76. The number of rotatable bonds is 3. The van der Waals surface area contributed by atoms with Gasteiger partial charge in [-0.05, 0) is 30.9 Å². The van der Waals surface area contributed by atoms with Crippen molar-refractivity contribution in [3.05, 3.63) is 35.4 Å². The van der Waals surface area contributed by atoms with Gasteiger partial charge in [0, 0.05) is 25.1 Å². The molecule has 0 bridgehead atoms. The smallest absolute Gasteiger partial charge is 0.427 e. The monoisotopic (exact) mass is 409 g/mol. The molecule has 10 heteroatoms. The Kier molecular flexibility index (Phi) is 5.81. The molecular weight excluding hydrogens is 389 g/mol. The second-order valence-electron chi connectivity index (χ2n) is 7.14. The van der Waals surface area contributed by atoms with E-state index >= 15 is 0 Å². The summed E-state index contributed by atoms with van der Waals surface area (Å²) in [6.07, 6.45) is -7.37. The highest BCUT2D eigenvalue weighted by atomic mass is 19.4. The standard InChI is InChI=1S/C18H20F5NO4/c19-12-1-2-13(14(20)7-12)11-8-17(27-10-11)3-5-24(6-4-17)16(26)28-15(9-25)18(21,22)23/h1-2,7,11,15,25H,3-6,8-10H2/t11?,15-/m1/s1. The first kappa shape index (κ1) is 20.8. The molecule has 1 N–H and O–H groups in total. The second-order valence-corrected chi connectivity index (χ2v) is 7.14. The van der Waals surface area contributed by atoms with Crippen LogP contribution in [0.4, 0.5) is 26.7 Å². The number of carbonyl (C=O) groups excluding carboxylic acids is 1. The highest BCUT2D eigenvalue weighted by Crippen LogP contribution is 2.43. The van der Waals surface area contributed by atoms with E-state index in [1.807, 2.05) is 0 Å². The quantitative estimate of drug-likeness (QED) is 0.778. The van der Waals surface area contributed by atoms with Gasteiger partial charge in [0.2, 0.25) is 6.10 Å². The molecule has 2 atom stereocenters. The summed E-state index contributed by atoms with van der Waals surface area (Å²) >= 11 is 0. The third kappa shape index (κ3) is 4.38. The fraction of sp³-hybridized carbons (Fsp3) is 0.611. The maximum absolute atomic E-state index is 14.0. The Bertz CT molecular complexity index is 718. The van der Waals surface area contributed by atoms with Crippen LogP contribution in [0.3, 0.4) is 0 Å². The minimum atomic E-state index is -4.84. The molecule has 156 valence electrons. The summed E-state index contributed by atoms with van der Waals surface area (Å²) in [6, 6.07) is 3.38. The van der Waals surface area contributed by atoms with E-state index in [0.29, 0.717) is 24.8 Å². The Morgan fingerprint density at radius 1 is 1.32 bits per heavy atom. The SMILES string of the molecule is O=C(O[C@H](CO)C(F)(F)F)N1CCC2(CC1)CC(c1ccc(F)cc1F)CO2. The number of ether oxygens (including phenoxy) is 2. The van der Waals surface area contributed by atoms with Crippen molar-refractivity contribution >= 4 is 6.09 Å². The van der Waals surface area contributed by atoms with Gasteiger partial charge in [0.15, 0.2) is 0 Å². The van der Waals surface area contributed by atoms with Gasteiger partial charge in [-0.2, -0.15) is 13.2 Å². The zero-order valence-corrected chi connectivity index (χ0v) is 14.8. The predicted molar refractivity (Wildman–Crippen MR) is 86.6 cm³/mol. The Morgan fingerprint density at radius 2 is 2.00 bits per heavy atom. The highest BCUT2D eigenvalue weighted by Gasteiger charge is 2.46. The first-order chi connectivity index (χ1) is 13.1. The van der Waals surface area contributed by atoms with E-state index in [1.54, 1.807) is 0 Å². The van der Waals surface area contributed by atoms with Crippen molar-refractivity contribution in [1.29, 1.82) is 0 Å². The van der Waals surface area contributed by atoms with Crippen LogP contribution in [0.2, 0.25) is 0 Å². The Morgan fingerprint density at radius 3 is 2.57 bits per heavy atom. The fourth-order valence-corrected chi connectivity index (χ4v) is 3.73. The van der Waals surface area contributed by atoms with Gasteiger partial charge in [0.25, 0.3) is 0 Å². The zero-order valence-electron chi connectivity index (χ0n) is 14.8. The Balaban J connectivity index is 1.57. The highest BCUT2D eigenvalue weighted by molar-refractivity contribution is 5.68. The van der Waals surface area contributed by atoms with E-state index in [0.717, 1.165) is 11.0 Å². The minimum Gasteiger partial charge on any atom is -0.434 e. The maximum Gasteiger partial charge on any atom is 0.427 e. The van der Waals surface area contributed by atoms with Gasteiger partial charge in [-0.1, -0.05) is 6.07 Å². The molecular formula is C18H20F5NO4. The number of hydrogen-bond donors (Lipinski definition) is 1. The molecule has 28 heavy (non-hydrogen) atoms. The number of nitrogens with zero attached hydrogens (tertiary/aromatic N) is 1. The number of carbonyl (C=O) groups is 1. The summed E-state index contributed by atoms with van der Waals surface area (Å²) in [5.74, 6) is -1.57. The molecule has 1 aromatic carbocycles. The van der Waals surface area contributed by atoms with Gasteiger partial charge in [-0.25, -0.2) is 13.6 Å². The molecule has 0 saturated carbocycles. The lowest BCUT2D eigenvalue weighted by Gasteiger charge is -2.38. The molecule has 1 aromatic rings. The fourth-order valence-electron chi connectivity index (χ4n) is 3.73. The van der Waals surface area contributed by atoms with E-state index in [2.05, 4.69) is 4.74 Å². The van der Waals surface area contributed by atoms with Crippen molar-refractivity contribution < 1.29 is 41.3 Å². The average molecular weight is 409 g/mol. The van der Waals surface area contributed by atoms with Gasteiger partial charge in [-0.15, -0.1) is 0 Å². The molecule has 2 aliphatic rings. The molecule has 0 aliphatic carbocycles. The van der Waals surface area contributed by atoms with Crippen LogP contribution in [-0.4, -0.2) is 60.3 Å². The lowest BCUT2D eigenvalue weighted by molar-refractivity contribution is -0.215. The molecule has 1 spiro atoms. The summed E-state index contributed by atoms with van der Waals surface area (Å²) in [5.41, 5.74) is -0.251. The summed E-state index contributed by atoms with van der Waals surface area (Å²) in [7, 11) is 0. The Labute approximate surface area is 158 Å². The number of amides is 1. The molecule has 1 amide bonds. The van der Waals surface area contributed by atoms with Crippen molar-refractivity contribution in [2.75, 3.05) is 26.3 Å². The van der Waals surface area contributed by atoms with Crippen molar-refractivity contribution in [3.8, 4) is 0 Å². The molecule has 0 aromatic heterocycles. The van der Waals surface area contributed by atoms with Crippen molar-refractivity contribution in [2.24, 2.45) is 0 Å². The van der Waals surface area contributed by atoms with E-state index in [4.69, 9.17) is 9.84 Å². The predicted octanol–water partition coefficient (Wildman–Crippen LogP) is 3.36. The van der Waals surface area contributed by atoms with E-state index in [-0.39, 0.29) is 25.6 Å². The number of piperidine rings is 1. The second kappa shape index (κ2) is 7.82. The normalized spacial score (nSPS) is 23.1. The number of alkyl halides is 3. The van der Waals surface area contributed by atoms with Gasteiger partial charge < -0.3 is 19.5 Å². The third-order valence-corrected chi connectivity index (χ3v) is 5.32. The van der Waals surface area contributed by atoms with E-state index < -0.39 is 42.2 Å². The van der Waals surface area contributed by atoms with Crippen molar-refractivity contribution in [1.82, 2.24) is 4.90 Å². The largest absolute Gasteiger partial charge is 0.434 e. The number of benzene rings is 1. The number of halogens is 5.